The van der Waals surface area contributed by atoms with Gasteiger partial charge in [0, 0.05) is 18.4 Å². The number of nitrogens with zero attached hydrogens (tertiary/aromatic N) is 1. The van der Waals surface area contributed by atoms with Gasteiger partial charge in [-0.05, 0) is 44.4 Å². The van der Waals surface area contributed by atoms with Crippen LogP contribution in [0.5, 0.6) is 0 Å². The topological polar surface area (TPSA) is 24.9 Å². The molecule has 0 aromatic carbocycles. The molecule has 0 radical (unpaired) electrons. The maximum absolute atomic E-state index is 4.12. The van der Waals surface area contributed by atoms with Crippen LogP contribution < -0.4 is 5.32 Å². The lowest BCUT2D eigenvalue weighted by molar-refractivity contribution is 0.538. The first kappa shape index (κ1) is 12.9. The minimum absolute atomic E-state index is 0.396. The van der Waals surface area contributed by atoms with Crippen molar-refractivity contribution in [2.24, 2.45) is 0 Å². The first-order valence-corrected chi connectivity index (χ1v) is 6.09. The summed E-state index contributed by atoms with van der Waals surface area (Å²) >= 11 is 0. The molecule has 1 heterocycles. The van der Waals surface area contributed by atoms with Crippen LogP contribution in [0, 0.1) is 0 Å². The first-order valence-electron chi connectivity index (χ1n) is 6.09. The summed E-state index contributed by atoms with van der Waals surface area (Å²) in [6.07, 6.45) is 10.6. The lowest BCUT2D eigenvalue weighted by Gasteiger charge is -2.13. The molecule has 16 heavy (non-hydrogen) atoms. The van der Waals surface area contributed by atoms with Crippen molar-refractivity contribution in [3.63, 3.8) is 0 Å². The predicted octanol–water partition coefficient (Wildman–Crippen LogP) is 3.48. The summed E-state index contributed by atoms with van der Waals surface area (Å²) in [5.74, 6) is 0. The molecule has 0 aliphatic carbocycles. The Morgan fingerprint density at radius 3 is 3.00 bits per heavy atom. The normalized spacial score (nSPS) is 12.3. The Morgan fingerprint density at radius 1 is 1.44 bits per heavy atom. The molecular weight excluding hydrogens is 196 g/mol. The fraction of sp³-hybridized carbons (Fsp3) is 0.500. The van der Waals surface area contributed by atoms with Crippen molar-refractivity contribution in [2.45, 2.75) is 38.6 Å². The van der Waals surface area contributed by atoms with Crippen molar-refractivity contribution in [1.82, 2.24) is 10.3 Å². The molecule has 1 rings (SSSR count). The maximum Gasteiger partial charge on any atom is 0.0315 e. The minimum Gasteiger partial charge on any atom is -0.310 e. The Hall–Kier alpha value is -1.15. The number of nitrogens with one attached hydrogen (secondary N) is 1. The van der Waals surface area contributed by atoms with E-state index in [0.29, 0.717) is 6.04 Å². The van der Waals surface area contributed by atoms with Gasteiger partial charge < -0.3 is 5.32 Å². The monoisotopic (exact) mass is 218 g/mol. The summed E-state index contributed by atoms with van der Waals surface area (Å²) < 4.78 is 0. The minimum atomic E-state index is 0.396. The lowest BCUT2D eigenvalue weighted by Crippen LogP contribution is -2.19. The Bertz CT molecular complexity index is 282. The van der Waals surface area contributed by atoms with E-state index in [-0.39, 0.29) is 0 Å². The highest BCUT2D eigenvalue weighted by molar-refractivity contribution is 5.12. The van der Waals surface area contributed by atoms with E-state index >= 15 is 0 Å². The molecule has 1 atom stereocenters. The third kappa shape index (κ3) is 5.08. The zero-order valence-corrected chi connectivity index (χ0v) is 10.2. The van der Waals surface area contributed by atoms with E-state index < -0.39 is 0 Å². The molecule has 0 aliphatic rings. The van der Waals surface area contributed by atoms with Crippen LogP contribution in [-0.4, -0.2) is 11.5 Å². The van der Waals surface area contributed by atoms with Gasteiger partial charge in [0.15, 0.2) is 0 Å². The molecule has 0 aliphatic heterocycles. The van der Waals surface area contributed by atoms with Gasteiger partial charge in [-0.25, -0.2) is 0 Å². The molecule has 1 aromatic heterocycles. The number of aromatic nitrogens is 1. The molecule has 0 saturated carbocycles. The smallest absolute Gasteiger partial charge is 0.0315 e. The average molecular weight is 218 g/mol. The van der Waals surface area contributed by atoms with Crippen LogP contribution in [-0.2, 0) is 0 Å². The van der Waals surface area contributed by atoms with Gasteiger partial charge in [-0.15, -0.1) is 6.58 Å². The molecule has 0 spiro atoms. The van der Waals surface area contributed by atoms with Crippen molar-refractivity contribution < 1.29 is 0 Å². The van der Waals surface area contributed by atoms with E-state index in [1.54, 1.807) is 0 Å². The van der Waals surface area contributed by atoms with Gasteiger partial charge in [0.25, 0.3) is 0 Å². The molecular formula is C14H22N2. The SMILES string of the molecule is C=CCCCCCN[C@H](C)c1cccnc1. The van der Waals surface area contributed by atoms with E-state index in [1.807, 2.05) is 24.5 Å². The largest absolute Gasteiger partial charge is 0.310 e. The molecule has 0 amide bonds. The number of rotatable bonds is 8. The summed E-state index contributed by atoms with van der Waals surface area (Å²) in [4.78, 5) is 4.12. The molecule has 1 N–H and O–H groups in total. The molecule has 0 saturated heterocycles. The third-order valence-corrected chi connectivity index (χ3v) is 2.72. The van der Waals surface area contributed by atoms with Crippen LogP contribution in [0.15, 0.2) is 37.2 Å². The number of hydrogen-bond acceptors (Lipinski definition) is 2. The Balaban J connectivity index is 2.11. The van der Waals surface area contributed by atoms with E-state index in [2.05, 4.69) is 29.9 Å². The Morgan fingerprint density at radius 2 is 2.31 bits per heavy atom. The third-order valence-electron chi connectivity index (χ3n) is 2.72. The molecule has 0 fully saturated rings. The summed E-state index contributed by atoms with van der Waals surface area (Å²) in [6, 6.07) is 4.49. The molecule has 2 nitrogen and oxygen atoms in total. The van der Waals surface area contributed by atoms with E-state index in [4.69, 9.17) is 0 Å². The van der Waals surface area contributed by atoms with Gasteiger partial charge in [0.2, 0.25) is 0 Å². The van der Waals surface area contributed by atoms with Crippen molar-refractivity contribution in [1.29, 1.82) is 0 Å². The maximum atomic E-state index is 4.12. The van der Waals surface area contributed by atoms with Gasteiger partial charge in [-0.1, -0.05) is 18.6 Å². The fourth-order valence-electron chi connectivity index (χ4n) is 1.66. The molecule has 0 unspecified atom stereocenters. The van der Waals surface area contributed by atoms with Crippen LogP contribution in [0.3, 0.4) is 0 Å². The first-order chi connectivity index (χ1) is 7.84. The highest BCUT2D eigenvalue weighted by Gasteiger charge is 2.02. The summed E-state index contributed by atoms with van der Waals surface area (Å²) in [5.41, 5.74) is 1.26. The van der Waals surface area contributed by atoms with Crippen LogP contribution in [0.25, 0.3) is 0 Å². The second-order valence-electron chi connectivity index (χ2n) is 4.10. The van der Waals surface area contributed by atoms with Gasteiger partial charge in [-0.2, -0.15) is 0 Å². The quantitative estimate of drug-likeness (QED) is 0.534. The molecule has 0 bridgehead atoms. The fourth-order valence-corrected chi connectivity index (χ4v) is 1.66. The summed E-state index contributed by atoms with van der Waals surface area (Å²) in [6.45, 7) is 6.98. The van der Waals surface area contributed by atoms with E-state index in [0.717, 1.165) is 13.0 Å². The van der Waals surface area contributed by atoms with Gasteiger partial charge in [0.05, 0.1) is 0 Å². The van der Waals surface area contributed by atoms with Gasteiger partial charge >= 0.3 is 0 Å². The molecule has 88 valence electrons. The Kier molecular flexibility index (Phi) is 6.50. The van der Waals surface area contributed by atoms with Crippen LogP contribution >= 0.6 is 0 Å². The number of hydrogen-bond donors (Lipinski definition) is 1. The lowest BCUT2D eigenvalue weighted by atomic mass is 10.1. The highest BCUT2D eigenvalue weighted by atomic mass is 14.9. The second-order valence-corrected chi connectivity index (χ2v) is 4.10. The average Bonchev–Trinajstić information content (AvgIpc) is 2.34. The van der Waals surface area contributed by atoms with Gasteiger partial charge in [-0.3, -0.25) is 4.98 Å². The number of allylic oxidation sites excluding steroid dienone is 1. The second kappa shape index (κ2) is 8.05. The van der Waals surface area contributed by atoms with Crippen LogP contribution in [0.1, 0.15) is 44.2 Å². The zero-order chi connectivity index (χ0) is 11.6. The van der Waals surface area contributed by atoms with Gasteiger partial charge in [0.1, 0.15) is 0 Å². The number of pyridine rings is 1. The Labute approximate surface area is 98.8 Å². The van der Waals surface area contributed by atoms with Crippen molar-refractivity contribution in [2.75, 3.05) is 6.54 Å². The summed E-state index contributed by atoms with van der Waals surface area (Å²) in [5, 5.41) is 3.51. The van der Waals surface area contributed by atoms with Crippen molar-refractivity contribution in [3.05, 3.63) is 42.7 Å². The zero-order valence-electron chi connectivity index (χ0n) is 10.2. The van der Waals surface area contributed by atoms with Crippen molar-refractivity contribution >= 4 is 0 Å². The molecule has 1 aromatic rings. The van der Waals surface area contributed by atoms with Crippen LogP contribution in [0.2, 0.25) is 0 Å². The van der Waals surface area contributed by atoms with Crippen LogP contribution in [0.4, 0.5) is 0 Å². The van der Waals surface area contributed by atoms with E-state index in [1.165, 1.54) is 24.8 Å². The predicted molar refractivity (Wildman–Crippen MR) is 69.3 cm³/mol. The van der Waals surface area contributed by atoms with E-state index in [9.17, 15) is 0 Å². The number of unbranched alkanes of at least 4 members (excludes halogenated alkanes) is 3. The highest BCUT2D eigenvalue weighted by Crippen LogP contribution is 2.09. The molecule has 2 heteroatoms. The standard InChI is InChI=1S/C14H22N2/c1-3-4-5-6-7-11-16-13(2)14-9-8-10-15-12-14/h3,8-10,12-13,16H,1,4-7,11H2,2H3/t13-/m1/s1. The summed E-state index contributed by atoms with van der Waals surface area (Å²) in [7, 11) is 0. The van der Waals surface area contributed by atoms with Crippen molar-refractivity contribution in [3.8, 4) is 0 Å².